The molecule has 0 N–H and O–H groups in total. The second-order valence-corrected chi connectivity index (χ2v) is 7.47. The summed E-state index contributed by atoms with van der Waals surface area (Å²) in [5, 5.41) is 0. The number of hydrogen-bond donors (Lipinski definition) is 0. The average Bonchev–Trinajstić information content (AvgIpc) is 3.11. The quantitative estimate of drug-likeness (QED) is 0.675. The summed E-state index contributed by atoms with van der Waals surface area (Å²) in [5.74, 6) is 0.617. The van der Waals surface area contributed by atoms with Crippen molar-refractivity contribution >= 4 is 0 Å². The van der Waals surface area contributed by atoms with E-state index < -0.39 is 12.1 Å². The fraction of sp³-hybridized carbons (Fsp3) is 1.00. The largest absolute Gasteiger partial charge is 0.323 e. The second-order valence-electron chi connectivity index (χ2n) is 7.47. The van der Waals surface area contributed by atoms with Crippen molar-refractivity contribution in [1.29, 1.82) is 0 Å². The van der Waals surface area contributed by atoms with Crippen LogP contribution in [-0.2, 0) is 18.9 Å². The van der Waals surface area contributed by atoms with Crippen LogP contribution in [0.1, 0.15) is 59.7 Å². The summed E-state index contributed by atoms with van der Waals surface area (Å²) in [6.07, 6.45) is 7.86. The number of unbranched alkanes of at least 4 members (excludes halogenated alkanes) is 5. The molecule has 5 aliphatic rings. The summed E-state index contributed by atoms with van der Waals surface area (Å²) in [6, 6.07) is 0. The minimum atomic E-state index is -1.22. The highest BCUT2D eigenvalue weighted by atomic mass is 16.9. The minimum absolute atomic E-state index is 0.148. The smallest absolute Gasteiger partial charge is 0.178 e. The number of hydrogen-bond acceptors (Lipinski definition) is 4. The third-order valence-corrected chi connectivity index (χ3v) is 6.30. The van der Waals surface area contributed by atoms with Crippen LogP contribution in [0.15, 0.2) is 0 Å². The van der Waals surface area contributed by atoms with Crippen LogP contribution in [-0.4, -0.2) is 24.6 Å². The van der Waals surface area contributed by atoms with E-state index >= 15 is 0 Å². The molecule has 4 heterocycles. The lowest BCUT2D eigenvalue weighted by Gasteiger charge is -2.35. The van der Waals surface area contributed by atoms with Gasteiger partial charge in [0.25, 0.3) is 0 Å². The zero-order valence-electron chi connectivity index (χ0n) is 13.8. The predicted octanol–water partition coefficient (Wildman–Crippen LogP) is 3.40. The Bertz CT molecular complexity index is 474. The molecule has 0 unspecified atom stereocenters. The van der Waals surface area contributed by atoms with Gasteiger partial charge in [-0.1, -0.05) is 39.0 Å². The summed E-state index contributed by atoms with van der Waals surface area (Å²) >= 11 is 0. The molecular formula is C17H26O4. The van der Waals surface area contributed by atoms with Crippen molar-refractivity contribution in [3.63, 3.8) is 0 Å². The molecule has 118 valence electrons. The van der Waals surface area contributed by atoms with E-state index in [2.05, 4.69) is 6.92 Å². The van der Waals surface area contributed by atoms with Crippen LogP contribution in [0.5, 0.6) is 0 Å². The van der Waals surface area contributed by atoms with Crippen molar-refractivity contribution in [3.8, 4) is 0 Å². The normalized spacial score (nSPS) is 59.2. The highest BCUT2D eigenvalue weighted by Gasteiger charge is 2.77. The Kier molecular flexibility index (Phi) is 2.73. The molecule has 0 aromatic heterocycles. The first-order valence-electron chi connectivity index (χ1n) is 9.38. The fourth-order valence-corrected chi connectivity index (χ4v) is 5.44. The zero-order valence-corrected chi connectivity index (χ0v) is 12.8. The fourth-order valence-electron chi connectivity index (χ4n) is 5.44. The third kappa shape index (κ3) is 1.71. The van der Waals surface area contributed by atoms with Crippen molar-refractivity contribution in [2.75, 3.05) is 0 Å². The Hall–Kier alpha value is -0.160. The molecule has 4 nitrogen and oxygen atoms in total. The Labute approximate surface area is 127 Å². The van der Waals surface area contributed by atoms with Gasteiger partial charge in [-0.2, -0.15) is 0 Å². The van der Waals surface area contributed by atoms with Crippen molar-refractivity contribution in [1.82, 2.24) is 0 Å². The van der Waals surface area contributed by atoms with Crippen LogP contribution < -0.4 is 0 Å². The lowest BCUT2D eigenvalue weighted by Crippen LogP contribution is -2.41. The van der Waals surface area contributed by atoms with E-state index in [4.69, 9.17) is 20.3 Å². The molecule has 4 saturated heterocycles. The number of rotatable bonds is 7. The van der Waals surface area contributed by atoms with Gasteiger partial charge in [0.1, 0.15) is 0 Å². The monoisotopic (exact) mass is 295 g/mol. The SMILES string of the molecule is [2H][C@]12O[C@@H]3O[C@@H]4O[C@](CCCCCCCC)(O1)[C@H]1[C@@H]4C[C@@H]3[C@H]12. The van der Waals surface area contributed by atoms with Gasteiger partial charge >= 0.3 is 0 Å². The van der Waals surface area contributed by atoms with E-state index in [1.807, 2.05) is 0 Å². The maximum Gasteiger partial charge on any atom is 0.178 e. The zero-order chi connectivity index (χ0) is 14.9. The van der Waals surface area contributed by atoms with E-state index in [9.17, 15) is 0 Å². The Morgan fingerprint density at radius 3 is 2.76 bits per heavy atom. The summed E-state index contributed by atoms with van der Waals surface area (Å²) in [4.78, 5) is 0. The second kappa shape index (κ2) is 4.67. The highest BCUT2D eigenvalue weighted by Crippen LogP contribution is 2.69. The van der Waals surface area contributed by atoms with Crippen molar-refractivity contribution in [2.45, 2.75) is 82.9 Å². The average molecular weight is 295 g/mol. The molecule has 1 saturated carbocycles. The maximum atomic E-state index is 8.60. The van der Waals surface area contributed by atoms with E-state index in [1.165, 1.54) is 32.1 Å². The maximum absolute atomic E-state index is 8.60. The molecular weight excluding hydrogens is 268 g/mol. The van der Waals surface area contributed by atoms with E-state index in [1.54, 1.807) is 0 Å². The summed E-state index contributed by atoms with van der Waals surface area (Å²) < 4.78 is 32.8. The van der Waals surface area contributed by atoms with Gasteiger partial charge in [-0.15, -0.1) is 0 Å². The molecule has 0 amide bonds. The van der Waals surface area contributed by atoms with Crippen molar-refractivity contribution in [3.05, 3.63) is 0 Å². The van der Waals surface area contributed by atoms with Crippen LogP contribution in [0.4, 0.5) is 0 Å². The standard InChI is InChI=1S/C17H26O4/c1-2-3-4-5-6-7-8-17-13-11-9-10-12(13)16(21-17)19-14(10)18-15(11)20-17/h10-16H,2-9H2,1H3/t10-,11+,12-,13+,14+,15-,16+,17-/m1/s1/i16D. The molecule has 0 spiro atoms. The minimum Gasteiger partial charge on any atom is -0.323 e. The molecule has 0 aromatic carbocycles. The molecule has 5 fully saturated rings. The number of ether oxygens (including phenoxy) is 4. The van der Waals surface area contributed by atoms with Crippen LogP contribution in [0.2, 0.25) is 0 Å². The molecule has 8 atom stereocenters. The van der Waals surface area contributed by atoms with Gasteiger partial charge in [0.2, 0.25) is 0 Å². The Balaban J connectivity index is 1.30. The molecule has 0 radical (unpaired) electrons. The first-order valence-corrected chi connectivity index (χ1v) is 8.88. The molecule has 4 aliphatic heterocycles. The molecule has 21 heavy (non-hydrogen) atoms. The molecule has 1 aliphatic carbocycles. The van der Waals surface area contributed by atoms with Crippen molar-refractivity contribution in [2.24, 2.45) is 23.7 Å². The van der Waals surface area contributed by atoms with E-state index in [-0.39, 0.29) is 18.5 Å². The van der Waals surface area contributed by atoms with Crippen LogP contribution in [0.3, 0.4) is 0 Å². The van der Waals surface area contributed by atoms with E-state index in [0.717, 1.165) is 19.3 Å². The van der Waals surface area contributed by atoms with Gasteiger partial charge in [0.05, 0.1) is 1.37 Å². The van der Waals surface area contributed by atoms with Crippen LogP contribution >= 0.6 is 0 Å². The van der Waals surface area contributed by atoms with Gasteiger partial charge in [0, 0.05) is 30.1 Å². The summed E-state index contributed by atoms with van der Waals surface area (Å²) in [5.41, 5.74) is 0. The first kappa shape index (κ1) is 12.3. The van der Waals surface area contributed by atoms with Crippen molar-refractivity contribution < 1.29 is 20.3 Å². The highest BCUT2D eigenvalue weighted by molar-refractivity contribution is 5.13. The lowest BCUT2D eigenvalue weighted by atomic mass is 9.83. The van der Waals surface area contributed by atoms with Gasteiger partial charge in [-0.25, -0.2) is 0 Å². The predicted molar refractivity (Wildman–Crippen MR) is 75.0 cm³/mol. The molecule has 4 heteroatoms. The summed E-state index contributed by atoms with van der Waals surface area (Å²) in [7, 11) is 0. The topological polar surface area (TPSA) is 36.9 Å². The Morgan fingerprint density at radius 1 is 1.00 bits per heavy atom. The van der Waals surface area contributed by atoms with Gasteiger partial charge in [0.15, 0.2) is 24.6 Å². The van der Waals surface area contributed by atoms with Gasteiger partial charge in [-0.05, 0) is 12.8 Å². The summed E-state index contributed by atoms with van der Waals surface area (Å²) in [6.45, 7) is 2.24. The molecule has 0 aromatic rings. The molecule has 2 bridgehead atoms. The third-order valence-electron chi connectivity index (χ3n) is 6.30. The van der Waals surface area contributed by atoms with E-state index in [0.29, 0.717) is 17.8 Å². The lowest BCUT2D eigenvalue weighted by molar-refractivity contribution is -0.382. The Morgan fingerprint density at radius 2 is 1.86 bits per heavy atom. The molecule has 5 rings (SSSR count). The first-order chi connectivity index (χ1) is 10.7. The van der Waals surface area contributed by atoms with Crippen LogP contribution in [0, 0.1) is 23.7 Å². The van der Waals surface area contributed by atoms with Crippen LogP contribution in [0.25, 0.3) is 0 Å². The van der Waals surface area contributed by atoms with Gasteiger partial charge < -0.3 is 18.9 Å². The van der Waals surface area contributed by atoms with Gasteiger partial charge in [-0.3, -0.25) is 0 Å².